The third-order valence-corrected chi connectivity index (χ3v) is 5.16. The summed E-state index contributed by atoms with van der Waals surface area (Å²) in [6, 6.07) is 8.02. The topological polar surface area (TPSA) is 59.8 Å². The van der Waals surface area contributed by atoms with Gasteiger partial charge < -0.3 is 4.57 Å². The second-order valence-electron chi connectivity index (χ2n) is 5.41. The number of benzene rings is 1. The zero-order valence-electron chi connectivity index (χ0n) is 11.6. The van der Waals surface area contributed by atoms with E-state index in [1.54, 1.807) is 0 Å². The zero-order chi connectivity index (χ0) is 15.1. The average Bonchev–Trinajstić information content (AvgIpc) is 3.13. The SMILES string of the molecule is O=C(Cn1ccc2cc(Br)ccc21)Nc1nnc(C2CC2)s1. The van der Waals surface area contributed by atoms with E-state index in [9.17, 15) is 4.79 Å². The standard InChI is InChI=1S/C15H13BrN4OS/c16-11-3-4-12-10(7-11)5-6-20(12)8-13(21)17-15-19-18-14(22-15)9-1-2-9/h3-7,9H,1-2,8H2,(H,17,19,21). The van der Waals surface area contributed by atoms with Crippen molar-refractivity contribution in [1.82, 2.24) is 14.8 Å². The number of aromatic nitrogens is 3. The summed E-state index contributed by atoms with van der Waals surface area (Å²) in [5.74, 6) is 0.480. The molecule has 0 unspecified atom stereocenters. The van der Waals surface area contributed by atoms with Gasteiger partial charge >= 0.3 is 0 Å². The van der Waals surface area contributed by atoms with Crippen molar-refractivity contribution in [3.8, 4) is 0 Å². The minimum atomic E-state index is -0.0843. The number of halogens is 1. The first kappa shape index (κ1) is 13.9. The molecule has 0 saturated heterocycles. The van der Waals surface area contributed by atoms with Crippen LogP contribution >= 0.6 is 27.3 Å². The zero-order valence-corrected chi connectivity index (χ0v) is 14.0. The number of hydrogen-bond donors (Lipinski definition) is 1. The summed E-state index contributed by atoms with van der Waals surface area (Å²) in [5.41, 5.74) is 1.04. The Bertz CT molecular complexity index is 852. The molecule has 1 aliphatic carbocycles. The number of amides is 1. The van der Waals surface area contributed by atoms with Crippen LogP contribution < -0.4 is 5.32 Å². The molecule has 1 fully saturated rings. The number of carbonyl (C=O) groups excluding carboxylic acids is 1. The van der Waals surface area contributed by atoms with E-state index in [0.29, 0.717) is 11.0 Å². The lowest BCUT2D eigenvalue weighted by Gasteiger charge is -2.05. The van der Waals surface area contributed by atoms with Gasteiger partial charge in [0.15, 0.2) is 0 Å². The highest BCUT2D eigenvalue weighted by Gasteiger charge is 2.27. The fourth-order valence-electron chi connectivity index (χ4n) is 2.40. The third kappa shape index (κ3) is 2.78. The molecule has 2 aromatic heterocycles. The van der Waals surface area contributed by atoms with Gasteiger partial charge in [0.1, 0.15) is 11.6 Å². The van der Waals surface area contributed by atoms with Crippen molar-refractivity contribution in [2.45, 2.75) is 25.3 Å². The summed E-state index contributed by atoms with van der Waals surface area (Å²) in [4.78, 5) is 12.2. The van der Waals surface area contributed by atoms with E-state index in [0.717, 1.165) is 20.4 Å². The molecule has 22 heavy (non-hydrogen) atoms. The van der Waals surface area contributed by atoms with Crippen LogP contribution in [0.1, 0.15) is 23.8 Å². The van der Waals surface area contributed by atoms with Crippen LogP contribution in [0.2, 0.25) is 0 Å². The van der Waals surface area contributed by atoms with Crippen molar-refractivity contribution < 1.29 is 4.79 Å². The molecule has 0 aliphatic heterocycles. The second-order valence-corrected chi connectivity index (χ2v) is 7.34. The van der Waals surface area contributed by atoms with Gasteiger partial charge in [-0.3, -0.25) is 10.1 Å². The number of rotatable bonds is 4. The predicted octanol–water partition coefficient (Wildman–Crippen LogP) is 3.77. The third-order valence-electron chi connectivity index (χ3n) is 3.66. The van der Waals surface area contributed by atoms with Gasteiger partial charge in [-0.1, -0.05) is 27.3 Å². The Morgan fingerprint density at radius 3 is 3.05 bits per heavy atom. The molecular weight excluding hydrogens is 364 g/mol. The number of carbonyl (C=O) groups is 1. The van der Waals surface area contributed by atoms with Gasteiger partial charge in [0.25, 0.3) is 0 Å². The highest BCUT2D eigenvalue weighted by Crippen LogP contribution is 2.42. The largest absolute Gasteiger partial charge is 0.338 e. The first-order valence-corrected chi connectivity index (χ1v) is 8.67. The Balaban J connectivity index is 1.48. The Hall–Kier alpha value is -1.73. The monoisotopic (exact) mass is 376 g/mol. The van der Waals surface area contributed by atoms with Crippen LogP contribution in [0.5, 0.6) is 0 Å². The van der Waals surface area contributed by atoms with Gasteiger partial charge in [-0.05, 0) is 37.1 Å². The van der Waals surface area contributed by atoms with Gasteiger partial charge in [0.2, 0.25) is 11.0 Å². The number of nitrogens with one attached hydrogen (secondary N) is 1. The van der Waals surface area contributed by atoms with Crippen LogP contribution in [0.25, 0.3) is 10.9 Å². The Kier molecular flexibility index (Phi) is 3.46. The Morgan fingerprint density at radius 2 is 2.23 bits per heavy atom. The van der Waals surface area contributed by atoms with Crippen molar-refractivity contribution in [3.63, 3.8) is 0 Å². The van der Waals surface area contributed by atoms with Crippen molar-refractivity contribution in [2.24, 2.45) is 0 Å². The molecule has 0 radical (unpaired) electrons. The van der Waals surface area contributed by atoms with E-state index in [-0.39, 0.29) is 12.5 Å². The maximum absolute atomic E-state index is 12.2. The summed E-state index contributed by atoms with van der Waals surface area (Å²) in [6.07, 6.45) is 4.30. The average molecular weight is 377 g/mol. The molecule has 1 aromatic carbocycles. The molecule has 5 nitrogen and oxygen atoms in total. The minimum absolute atomic E-state index is 0.0843. The van der Waals surface area contributed by atoms with Crippen LogP contribution in [-0.2, 0) is 11.3 Å². The van der Waals surface area contributed by atoms with Crippen molar-refractivity contribution in [1.29, 1.82) is 0 Å². The summed E-state index contributed by atoms with van der Waals surface area (Å²) in [5, 5.41) is 13.7. The molecule has 4 rings (SSSR count). The quantitative estimate of drug-likeness (QED) is 0.753. The van der Waals surface area contributed by atoms with Crippen LogP contribution in [0.3, 0.4) is 0 Å². The minimum Gasteiger partial charge on any atom is -0.338 e. The number of hydrogen-bond acceptors (Lipinski definition) is 4. The highest BCUT2D eigenvalue weighted by atomic mass is 79.9. The molecule has 1 saturated carbocycles. The molecule has 0 bridgehead atoms. The molecule has 112 valence electrons. The lowest BCUT2D eigenvalue weighted by atomic mass is 10.2. The highest BCUT2D eigenvalue weighted by molar-refractivity contribution is 9.10. The van der Waals surface area contributed by atoms with Crippen molar-refractivity contribution >= 4 is 49.2 Å². The summed E-state index contributed by atoms with van der Waals surface area (Å²) in [7, 11) is 0. The molecule has 7 heteroatoms. The van der Waals surface area contributed by atoms with E-state index >= 15 is 0 Å². The maximum Gasteiger partial charge on any atom is 0.246 e. The van der Waals surface area contributed by atoms with E-state index in [1.807, 2.05) is 35.0 Å². The van der Waals surface area contributed by atoms with Gasteiger partial charge in [0, 0.05) is 27.5 Å². The lowest BCUT2D eigenvalue weighted by molar-refractivity contribution is -0.116. The molecule has 3 aromatic rings. The Labute approximate surface area is 139 Å². The summed E-state index contributed by atoms with van der Waals surface area (Å²) < 4.78 is 2.96. The number of fused-ring (bicyclic) bond motifs is 1. The lowest BCUT2D eigenvalue weighted by Crippen LogP contribution is -2.18. The molecule has 2 heterocycles. The van der Waals surface area contributed by atoms with Crippen LogP contribution in [0.4, 0.5) is 5.13 Å². The molecule has 0 spiro atoms. The van der Waals surface area contributed by atoms with Crippen LogP contribution in [0.15, 0.2) is 34.9 Å². The second kappa shape index (κ2) is 5.48. The Morgan fingerprint density at radius 1 is 1.36 bits per heavy atom. The summed E-state index contributed by atoms with van der Waals surface area (Å²) in [6.45, 7) is 0.267. The molecule has 1 N–H and O–H groups in total. The van der Waals surface area contributed by atoms with Crippen molar-refractivity contribution in [3.05, 3.63) is 39.9 Å². The predicted molar refractivity (Wildman–Crippen MR) is 90.2 cm³/mol. The number of anilines is 1. The van der Waals surface area contributed by atoms with Crippen molar-refractivity contribution in [2.75, 3.05) is 5.32 Å². The van der Waals surface area contributed by atoms with Gasteiger partial charge in [-0.2, -0.15) is 0 Å². The fourth-order valence-corrected chi connectivity index (χ4v) is 3.71. The molecule has 0 atom stereocenters. The van der Waals surface area contributed by atoms with Crippen LogP contribution in [-0.4, -0.2) is 20.7 Å². The van der Waals surface area contributed by atoms with Gasteiger partial charge in [-0.25, -0.2) is 0 Å². The van der Waals surface area contributed by atoms with E-state index in [1.165, 1.54) is 24.2 Å². The summed E-state index contributed by atoms with van der Waals surface area (Å²) >= 11 is 4.93. The van der Waals surface area contributed by atoms with E-state index in [4.69, 9.17) is 0 Å². The molecular formula is C15H13BrN4OS. The molecule has 1 amide bonds. The van der Waals surface area contributed by atoms with E-state index in [2.05, 4.69) is 31.4 Å². The maximum atomic E-state index is 12.2. The first-order valence-electron chi connectivity index (χ1n) is 7.07. The normalized spacial score (nSPS) is 14.4. The van der Waals surface area contributed by atoms with Crippen LogP contribution in [0, 0.1) is 0 Å². The van der Waals surface area contributed by atoms with Gasteiger partial charge in [0.05, 0.1) is 0 Å². The molecule has 1 aliphatic rings. The van der Waals surface area contributed by atoms with E-state index < -0.39 is 0 Å². The first-order chi connectivity index (χ1) is 10.7. The van der Waals surface area contributed by atoms with Gasteiger partial charge in [-0.15, -0.1) is 10.2 Å². The fraction of sp³-hybridized carbons (Fsp3) is 0.267. The number of nitrogens with zero attached hydrogens (tertiary/aromatic N) is 3. The smallest absolute Gasteiger partial charge is 0.246 e.